The van der Waals surface area contributed by atoms with Crippen LogP contribution in [0.4, 0.5) is 4.79 Å². The number of likely N-dealkylation sites (tertiary alicyclic amines) is 1. The molecule has 20 nitrogen and oxygen atoms in total. The van der Waals surface area contributed by atoms with Gasteiger partial charge in [-0.15, -0.1) is 0 Å². The third-order valence-electron chi connectivity index (χ3n) is 14.9. The van der Waals surface area contributed by atoms with E-state index in [1.54, 1.807) is 40.0 Å². The molecule has 4 heterocycles. The number of Topliss-reactive ketones (excluding diaryl/α,β-unsaturated/α-hetero) is 2. The number of ketones is 2. The van der Waals surface area contributed by atoms with Gasteiger partial charge >= 0.3 is 12.1 Å². The minimum atomic E-state index is -2.56. The molecule has 20 heteroatoms. The van der Waals surface area contributed by atoms with E-state index in [0.717, 1.165) is 10.5 Å². The maximum Gasteiger partial charge on any atom is 0.410 e. The Morgan fingerprint density at radius 2 is 1.59 bits per heavy atom. The fourth-order valence-corrected chi connectivity index (χ4v) is 10.7. The van der Waals surface area contributed by atoms with Gasteiger partial charge in [0.25, 0.3) is 11.7 Å². The van der Waals surface area contributed by atoms with Gasteiger partial charge in [0.15, 0.2) is 0 Å². The first-order valence-electron chi connectivity index (χ1n) is 24.8. The Balaban J connectivity index is 0.00000526. The van der Waals surface area contributed by atoms with E-state index in [2.05, 4.69) is 11.7 Å². The third kappa shape index (κ3) is 14.5. The number of carbonyl (C=O) groups is 5. The Morgan fingerprint density at radius 1 is 0.929 bits per heavy atom. The van der Waals surface area contributed by atoms with Crippen LogP contribution in [-0.2, 0) is 47.6 Å². The molecule has 14 atom stereocenters. The number of aliphatic hydroxyl groups is 3. The monoisotopic (exact) mass is 991 g/mol. The summed E-state index contributed by atoms with van der Waals surface area (Å²) in [5, 5.41) is 41.2. The summed E-state index contributed by atoms with van der Waals surface area (Å²) in [6.45, 7) is 9.51. The molecule has 0 aromatic carbocycles. The van der Waals surface area contributed by atoms with Crippen molar-refractivity contribution in [3.63, 3.8) is 0 Å². The molecule has 1 saturated carbocycles. The highest BCUT2D eigenvalue weighted by Gasteiger charge is 2.56. The van der Waals surface area contributed by atoms with E-state index in [1.807, 2.05) is 26.0 Å². The Hall–Kier alpha value is -4.12. The summed E-state index contributed by atoms with van der Waals surface area (Å²) in [4.78, 5) is 73.1. The van der Waals surface area contributed by atoms with Crippen molar-refractivity contribution in [2.24, 2.45) is 52.9 Å². The van der Waals surface area contributed by atoms with Gasteiger partial charge in [-0.1, -0.05) is 50.6 Å². The van der Waals surface area contributed by atoms with Crippen LogP contribution in [0.1, 0.15) is 105 Å². The number of esters is 1. The number of hydrogen-bond donors (Lipinski definition) is 7. The SMILES string of the molecule is CO[C@H]1C[C@@H](C)C/C(C)=C/[C@@H](C/C=C/CO)C(=O)C[C@H](O)[C@@H](C)[C@@H](/C(C)=C/[C@@H]2CC[C@@H](OC(=O)N3CC(C(=N)N)C3)[C@H](OC)C2)OC(=O)[C@@H]2CCCCN2C(=O)C(=O)[C@]2(O)O[C@H]1[C@@H](OC)C[C@H]2C.NN. The normalized spacial score (nSPS) is 36.6. The predicted molar refractivity (Wildman–Crippen MR) is 258 cm³/mol. The van der Waals surface area contributed by atoms with Crippen molar-refractivity contribution >= 4 is 35.4 Å². The number of fused-ring (bicyclic) bond motifs is 3. The molecule has 2 amide bonds. The number of allylic oxidation sites excluding steroid dienone is 4. The molecule has 0 aromatic rings. The van der Waals surface area contributed by atoms with Crippen molar-refractivity contribution in [1.82, 2.24) is 9.80 Å². The van der Waals surface area contributed by atoms with Crippen LogP contribution >= 0.6 is 0 Å². The molecular weight excluding hydrogens is 909 g/mol. The largest absolute Gasteiger partial charge is 0.456 e. The van der Waals surface area contributed by atoms with Crippen molar-refractivity contribution in [2.45, 2.75) is 160 Å². The topological polar surface area (TPSA) is 310 Å². The number of hydrogen-bond acceptors (Lipinski definition) is 17. The lowest BCUT2D eigenvalue weighted by Gasteiger charge is -2.47. The number of methoxy groups -OCH3 is 3. The van der Waals surface area contributed by atoms with Crippen LogP contribution in [0.5, 0.6) is 0 Å². The van der Waals surface area contributed by atoms with E-state index in [9.17, 15) is 39.3 Å². The molecule has 2 bridgehead atoms. The number of nitrogens with one attached hydrogen (secondary N) is 1. The maximum atomic E-state index is 14.6. The minimum Gasteiger partial charge on any atom is -0.456 e. The van der Waals surface area contributed by atoms with E-state index in [0.29, 0.717) is 63.6 Å². The fourth-order valence-electron chi connectivity index (χ4n) is 10.7. The lowest BCUT2D eigenvalue weighted by Crippen LogP contribution is -2.64. The molecule has 4 aliphatic heterocycles. The zero-order valence-corrected chi connectivity index (χ0v) is 42.5. The number of hydrazine groups is 1. The number of amides is 2. The summed E-state index contributed by atoms with van der Waals surface area (Å²) in [7, 11) is 4.56. The van der Waals surface area contributed by atoms with Gasteiger partial charge in [-0.05, 0) is 95.5 Å². The molecule has 0 radical (unpaired) electrons. The van der Waals surface area contributed by atoms with Crippen molar-refractivity contribution in [2.75, 3.05) is 47.6 Å². The summed E-state index contributed by atoms with van der Waals surface area (Å²) < 4.78 is 36.1. The molecular formula is C50H82N6O14. The van der Waals surface area contributed by atoms with Crippen LogP contribution < -0.4 is 17.4 Å². The molecule has 0 unspecified atom stereocenters. The molecule has 5 aliphatic rings. The van der Waals surface area contributed by atoms with Gasteiger partial charge in [0, 0.05) is 65.1 Å². The zero-order valence-electron chi connectivity index (χ0n) is 42.5. The summed E-state index contributed by atoms with van der Waals surface area (Å²) in [5.74, 6) is -0.561. The number of ether oxygens (including phenoxy) is 6. The lowest BCUT2D eigenvalue weighted by atomic mass is 9.81. The van der Waals surface area contributed by atoms with Crippen molar-refractivity contribution in [3.05, 3.63) is 35.5 Å². The number of rotatable bonds is 10. The Labute approximate surface area is 413 Å². The van der Waals surface area contributed by atoms with Gasteiger partial charge in [0.1, 0.15) is 30.1 Å². The first-order chi connectivity index (χ1) is 33.3. The van der Waals surface area contributed by atoms with E-state index >= 15 is 0 Å². The summed E-state index contributed by atoms with van der Waals surface area (Å²) in [6.07, 6.45) is 4.95. The summed E-state index contributed by atoms with van der Waals surface area (Å²) >= 11 is 0. The van der Waals surface area contributed by atoms with Gasteiger partial charge in [-0.25, -0.2) is 9.59 Å². The average Bonchev–Trinajstić information content (AvgIpc) is 3.32. The zero-order chi connectivity index (χ0) is 52.0. The predicted octanol–water partition coefficient (Wildman–Crippen LogP) is 2.83. The molecule has 0 spiro atoms. The minimum absolute atomic E-state index is 0.0298. The molecule has 10 N–H and O–H groups in total. The highest BCUT2D eigenvalue weighted by molar-refractivity contribution is 6.39. The fraction of sp³-hybridized carbons (Fsp3) is 0.760. The second-order valence-electron chi connectivity index (χ2n) is 20.0. The summed E-state index contributed by atoms with van der Waals surface area (Å²) in [6, 6.07) is -1.20. The van der Waals surface area contributed by atoms with E-state index in [1.165, 1.54) is 19.1 Å². The number of carbonyl (C=O) groups excluding carboxylic acids is 5. The maximum absolute atomic E-state index is 14.6. The van der Waals surface area contributed by atoms with Gasteiger partial charge in [0.05, 0.1) is 42.8 Å². The number of cyclic esters (lactones) is 1. The molecule has 70 heavy (non-hydrogen) atoms. The second kappa shape index (κ2) is 27.1. The standard InChI is InChI=1S/C50H78N4O14.H4N2/c1-28-19-29(2)21-41(64-7)44-42(65-8)23-31(4)50(62,68-44)45(58)47(59)54-17-11-9-14-36(54)48(60)67-43(32(5)37(56)25-38(57)34(20-28)13-10-12-18-55)30(3)22-33-15-16-39(40(24-33)63-6)66-49(61)53-26-35(27-53)46(51)52;1-2/h10,12,20,22,29,31-37,39-44,55-56,62H,9,11,13-19,21,23-27H2,1-8H3,(H3,51,52);1-2H2/b12-10+,28-20+,30-22+;/t29-,31+,32+,33-,34+,36-,37-,39+,40+,41-,42-,43+,44+,50+;/m0./s1. The highest BCUT2D eigenvalue weighted by Crippen LogP contribution is 2.39. The first-order valence-corrected chi connectivity index (χ1v) is 24.8. The van der Waals surface area contributed by atoms with Gasteiger partial charge < -0.3 is 59.3 Å². The van der Waals surface area contributed by atoms with Crippen LogP contribution in [0.2, 0.25) is 0 Å². The van der Waals surface area contributed by atoms with Gasteiger partial charge in [-0.2, -0.15) is 0 Å². The number of nitrogens with two attached hydrogens (primary N) is 3. The average molecular weight is 991 g/mol. The molecule has 1 aliphatic carbocycles. The Kier molecular flexibility index (Phi) is 22.6. The van der Waals surface area contributed by atoms with E-state index in [-0.39, 0.29) is 68.2 Å². The smallest absolute Gasteiger partial charge is 0.410 e. The van der Waals surface area contributed by atoms with Crippen LogP contribution in [0.15, 0.2) is 35.5 Å². The van der Waals surface area contributed by atoms with Crippen molar-refractivity contribution < 1.29 is 67.7 Å². The molecule has 396 valence electrons. The Bertz CT molecular complexity index is 1890. The van der Waals surface area contributed by atoms with Crippen LogP contribution in [0, 0.1) is 40.9 Å². The number of aliphatic hydroxyl groups excluding tert-OH is 2. The van der Waals surface area contributed by atoms with Crippen LogP contribution in [-0.4, -0.2) is 163 Å². The van der Waals surface area contributed by atoms with E-state index in [4.69, 9.17) is 39.6 Å². The molecule has 5 rings (SSSR count). The molecule has 3 saturated heterocycles. The van der Waals surface area contributed by atoms with Crippen molar-refractivity contribution in [3.8, 4) is 0 Å². The van der Waals surface area contributed by atoms with Gasteiger partial charge in [0.2, 0.25) is 5.79 Å². The van der Waals surface area contributed by atoms with E-state index < -0.39 is 96.1 Å². The molecule has 4 fully saturated rings. The highest BCUT2D eigenvalue weighted by atomic mass is 16.7. The number of amidine groups is 1. The Morgan fingerprint density at radius 3 is 2.21 bits per heavy atom. The number of nitrogens with zero attached hydrogens (tertiary/aromatic N) is 2. The third-order valence-corrected chi connectivity index (χ3v) is 14.9. The van der Waals surface area contributed by atoms with Crippen LogP contribution in [0.3, 0.4) is 0 Å². The quantitative estimate of drug-likeness (QED) is 0.0315. The van der Waals surface area contributed by atoms with Gasteiger partial charge in [-0.3, -0.25) is 31.5 Å². The lowest BCUT2D eigenvalue weighted by molar-refractivity contribution is -0.302. The summed E-state index contributed by atoms with van der Waals surface area (Å²) in [5.41, 5.74) is 7.08. The molecule has 0 aromatic heterocycles. The second-order valence-corrected chi connectivity index (χ2v) is 20.0. The first kappa shape index (κ1) is 58.5. The van der Waals surface area contributed by atoms with Crippen LogP contribution in [0.25, 0.3) is 0 Å². The number of piperidine rings is 1. The van der Waals surface area contributed by atoms with Crippen molar-refractivity contribution in [1.29, 1.82) is 5.41 Å².